The zero-order valence-corrected chi connectivity index (χ0v) is 14.5. The maximum atomic E-state index is 12.3. The van der Waals surface area contributed by atoms with Crippen LogP contribution in [-0.2, 0) is 16.1 Å². The number of ether oxygens (including phenoxy) is 1. The fourth-order valence-corrected chi connectivity index (χ4v) is 4.22. The first-order valence-electron chi connectivity index (χ1n) is 8.13. The van der Waals surface area contributed by atoms with E-state index in [1.165, 1.54) is 18.1 Å². The normalized spacial score (nSPS) is 17.7. The van der Waals surface area contributed by atoms with E-state index in [4.69, 9.17) is 4.74 Å². The molecule has 3 N–H and O–H groups in total. The van der Waals surface area contributed by atoms with Crippen LogP contribution in [0.5, 0.6) is 5.75 Å². The Balaban J connectivity index is 1.38. The number of carbonyl (C=O) groups is 2. The third-order valence-corrected chi connectivity index (χ3v) is 5.45. The summed E-state index contributed by atoms with van der Waals surface area (Å²) in [6, 6.07) is 5.39. The minimum Gasteiger partial charge on any atom is -0.482 e. The number of aromatic amines is 1. The molecule has 0 spiro atoms. The van der Waals surface area contributed by atoms with Gasteiger partial charge in [0, 0.05) is 24.6 Å². The number of nitrogens with zero attached hydrogens (tertiary/aromatic N) is 1. The topological polar surface area (TPSA) is 113 Å². The van der Waals surface area contributed by atoms with Crippen LogP contribution in [0.3, 0.4) is 0 Å². The van der Waals surface area contributed by atoms with Gasteiger partial charge < -0.3 is 20.4 Å². The van der Waals surface area contributed by atoms with Gasteiger partial charge in [0.25, 0.3) is 11.5 Å². The molecular formula is C17H16N4O4S. The SMILES string of the molecule is O=C(CC1CSc2nc[nH]c(=O)c21)NCc1ccc2c(c1)NC(=O)CO2. The summed E-state index contributed by atoms with van der Waals surface area (Å²) in [5.74, 6) is 0.819. The summed E-state index contributed by atoms with van der Waals surface area (Å²) in [6.07, 6.45) is 1.62. The predicted molar refractivity (Wildman–Crippen MR) is 95.4 cm³/mol. The van der Waals surface area contributed by atoms with Gasteiger partial charge in [-0.25, -0.2) is 4.98 Å². The van der Waals surface area contributed by atoms with Crippen molar-refractivity contribution in [1.29, 1.82) is 0 Å². The molecule has 3 heterocycles. The molecule has 4 rings (SSSR count). The third kappa shape index (κ3) is 3.30. The van der Waals surface area contributed by atoms with E-state index in [0.29, 0.717) is 34.3 Å². The van der Waals surface area contributed by atoms with Gasteiger partial charge in [-0.05, 0) is 17.7 Å². The third-order valence-electron chi connectivity index (χ3n) is 4.28. The number of hydrogen-bond donors (Lipinski definition) is 3. The molecule has 0 saturated heterocycles. The molecule has 8 nitrogen and oxygen atoms in total. The van der Waals surface area contributed by atoms with Crippen molar-refractivity contribution in [2.24, 2.45) is 0 Å². The number of carbonyl (C=O) groups excluding carboxylic acids is 2. The summed E-state index contributed by atoms with van der Waals surface area (Å²) in [7, 11) is 0. The molecule has 1 unspecified atom stereocenters. The van der Waals surface area contributed by atoms with Crippen molar-refractivity contribution in [3.05, 3.63) is 46.0 Å². The Morgan fingerprint density at radius 1 is 1.38 bits per heavy atom. The van der Waals surface area contributed by atoms with Gasteiger partial charge in [0.1, 0.15) is 10.8 Å². The molecule has 0 radical (unpaired) electrons. The summed E-state index contributed by atoms with van der Waals surface area (Å²) in [5.41, 5.74) is 1.87. The Labute approximate surface area is 152 Å². The number of thioether (sulfide) groups is 1. The Hall–Kier alpha value is -2.81. The number of benzene rings is 1. The quantitative estimate of drug-likeness (QED) is 0.690. The maximum Gasteiger partial charge on any atom is 0.262 e. The maximum absolute atomic E-state index is 12.3. The molecule has 9 heteroatoms. The number of rotatable bonds is 4. The molecule has 2 aliphatic heterocycles. The second-order valence-electron chi connectivity index (χ2n) is 6.11. The molecule has 1 aromatic carbocycles. The highest BCUT2D eigenvalue weighted by atomic mass is 32.2. The molecule has 1 atom stereocenters. The fraction of sp³-hybridized carbons (Fsp3) is 0.294. The van der Waals surface area contributed by atoms with Gasteiger partial charge in [-0.2, -0.15) is 0 Å². The fourth-order valence-electron chi connectivity index (χ4n) is 3.03. The molecule has 134 valence electrons. The molecular weight excluding hydrogens is 356 g/mol. The number of H-pyrrole nitrogens is 1. The summed E-state index contributed by atoms with van der Waals surface area (Å²) >= 11 is 1.50. The second kappa shape index (κ2) is 6.83. The predicted octanol–water partition coefficient (Wildman–Crippen LogP) is 0.997. The van der Waals surface area contributed by atoms with E-state index in [1.54, 1.807) is 12.1 Å². The zero-order valence-electron chi connectivity index (χ0n) is 13.7. The van der Waals surface area contributed by atoms with E-state index < -0.39 is 0 Å². The smallest absolute Gasteiger partial charge is 0.262 e. The van der Waals surface area contributed by atoms with Crippen molar-refractivity contribution in [1.82, 2.24) is 15.3 Å². The standard InChI is InChI=1S/C17H16N4O4S/c22-13(4-10-7-26-17-15(10)16(24)19-8-20-17)18-5-9-1-2-12-11(3-9)21-14(23)6-25-12/h1-3,8,10H,4-7H2,(H,18,22)(H,21,23)(H,19,20,24). The monoisotopic (exact) mass is 372 g/mol. The van der Waals surface area contributed by atoms with Crippen LogP contribution >= 0.6 is 11.8 Å². The second-order valence-corrected chi connectivity index (χ2v) is 7.12. The Morgan fingerprint density at radius 2 is 2.27 bits per heavy atom. The minimum atomic E-state index is -0.199. The molecule has 0 fully saturated rings. The number of anilines is 1. The van der Waals surface area contributed by atoms with Gasteiger partial charge >= 0.3 is 0 Å². The summed E-state index contributed by atoms with van der Waals surface area (Å²) < 4.78 is 5.31. The summed E-state index contributed by atoms with van der Waals surface area (Å²) in [4.78, 5) is 42.3. The number of aromatic nitrogens is 2. The van der Waals surface area contributed by atoms with E-state index in [0.717, 1.165) is 5.56 Å². The van der Waals surface area contributed by atoms with E-state index in [-0.39, 0.29) is 36.3 Å². The molecule has 0 aliphatic carbocycles. The largest absolute Gasteiger partial charge is 0.482 e. The van der Waals surface area contributed by atoms with Crippen molar-refractivity contribution >= 4 is 29.3 Å². The van der Waals surface area contributed by atoms with Crippen molar-refractivity contribution < 1.29 is 14.3 Å². The van der Waals surface area contributed by atoms with Crippen molar-refractivity contribution in [3.8, 4) is 5.75 Å². The van der Waals surface area contributed by atoms with Gasteiger partial charge in [-0.1, -0.05) is 6.07 Å². The molecule has 0 saturated carbocycles. The van der Waals surface area contributed by atoms with E-state index in [9.17, 15) is 14.4 Å². The number of amides is 2. The van der Waals surface area contributed by atoms with Crippen LogP contribution in [0.25, 0.3) is 0 Å². The summed E-state index contributed by atoms with van der Waals surface area (Å²) in [5, 5.41) is 6.30. The van der Waals surface area contributed by atoms with E-state index in [2.05, 4.69) is 20.6 Å². The van der Waals surface area contributed by atoms with E-state index >= 15 is 0 Å². The number of nitrogens with one attached hydrogen (secondary N) is 3. The van der Waals surface area contributed by atoms with E-state index in [1.807, 2.05) is 6.07 Å². The molecule has 2 aromatic rings. The van der Waals surface area contributed by atoms with Gasteiger partial charge in [-0.15, -0.1) is 11.8 Å². The van der Waals surface area contributed by atoms with Gasteiger partial charge in [-0.3, -0.25) is 14.4 Å². The first-order valence-corrected chi connectivity index (χ1v) is 9.11. The highest BCUT2D eigenvalue weighted by Crippen LogP contribution is 2.37. The average Bonchev–Trinajstić information content (AvgIpc) is 3.04. The lowest BCUT2D eigenvalue weighted by Gasteiger charge is -2.18. The van der Waals surface area contributed by atoms with Crippen molar-refractivity contribution in [2.45, 2.75) is 23.9 Å². The first-order chi connectivity index (χ1) is 12.6. The number of fused-ring (bicyclic) bond motifs is 2. The highest BCUT2D eigenvalue weighted by Gasteiger charge is 2.29. The molecule has 2 amide bonds. The van der Waals surface area contributed by atoms with Crippen LogP contribution in [0.4, 0.5) is 5.69 Å². The lowest BCUT2D eigenvalue weighted by atomic mass is 10.00. The lowest BCUT2D eigenvalue weighted by Crippen LogP contribution is -2.27. The Bertz CT molecular complexity index is 943. The van der Waals surface area contributed by atoms with Crippen LogP contribution in [-0.4, -0.2) is 34.1 Å². The average molecular weight is 372 g/mol. The molecule has 1 aromatic heterocycles. The van der Waals surface area contributed by atoms with Crippen LogP contribution in [0.2, 0.25) is 0 Å². The van der Waals surface area contributed by atoms with Crippen LogP contribution < -0.4 is 20.9 Å². The molecule has 26 heavy (non-hydrogen) atoms. The van der Waals surface area contributed by atoms with Gasteiger partial charge in [0.05, 0.1) is 17.6 Å². The van der Waals surface area contributed by atoms with Crippen LogP contribution in [0.15, 0.2) is 34.3 Å². The van der Waals surface area contributed by atoms with Gasteiger partial charge in [0.15, 0.2) is 6.61 Å². The van der Waals surface area contributed by atoms with Crippen LogP contribution in [0, 0.1) is 0 Å². The number of hydrogen-bond acceptors (Lipinski definition) is 6. The lowest BCUT2D eigenvalue weighted by molar-refractivity contribution is -0.121. The Morgan fingerprint density at radius 3 is 3.15 bits per heavy atom. The first kappa shape index (κ1) is 16.6. The minimum absolute atomic E-state index is 0.0119. The van der Waals surface area contributed by atoms with Crippen LogP contribution in [0.1, 0.15) is 23.5 Å². The Kier molecular flexibility index (Phi) is 4.37. The van der Waals surface area contributed by atoms with Gasteiger partial charge in [0.2, 0.25) is 5.91 Å². The molecule has 2 aliphatic rings. The zero-order chi connectivity index (χ0) is 18.1. The highest BCUT2D eigenvalue weighted by molar-refractivity contribution is 7.99. The summed E-state index contributed by atoms with van der Waals surface area (Å²) in [6.45, 7) is 0.343. The van der Waals surface area contributed by atoms with Crippen molar-refractivity contribution in [2.75, 3.05) is 17.7 Å². The molecule has 0 bridgehead atoms. The van der Waals surface area contributed by atoms with Crippen molar-refractivity contribution in [3.63, 3.8) is 0 Å².